The van der Waals surface area contributed by atoms with Crippen molar-refractivity contribution in [3.8, 4) is 0 Å². The SMILES string of the molecule is C[C@@H]1CC(=O)Nc2ccccc2N1C(=O)CN(C)c1ccc(C(F)(F)F)cn1. The minimum absolute atomic E-state index is 0.106. The fraction of sp³-hybridized carbons (Fsp3) is 0.316. The number of nitrogens with one attached hydrogen (secondary N) is 1. The second-order valence-corrected chi connectivity index (χ2v) is 6.64. The number of pyridine rings is 1. The summed E-state index contributed by atoms with van der Waals surface area (Å²) < 4.78 is 38.0. The van der Waals surface area contributed by atoms with Gasteiger partial charge in [0.15, 0.2) is 0 Å². The molecule has 1 aliphatic rings. The number of alkyl halides is 3. The number of rotatable bonds is 3. The molecule has 148 valence electrons. The molecule has 1 aromatic heterocycles. The van der Waals surface area contributed by atoms with Crippen LogP contribution in [0.25, 0.3) is 0 Å². The molecule has 9 heteroatoms. The summed E-state index contributed by atoms with van der Waals surface area (Å²) >= 11 is 0. The van der Waals surface area contributed by atoms with Crippen LogP contribution >= 0.6 is 0 Å². The van der Waals surface area contributed by atoms with Crippen molar-refractivity contribution in [3.05, 3.63) is 48.2 Å². The van der Waals surface area contributed by atoms with Crippen LogP contribution in [0.3, 0.4) is 0 Å². The lowest BCUT2D eigenvalue weighted by molar-refractivity contribution is -0.137. The van der Waals surface area contributed by atoms with Crippen molar-refractivity contribution in [1.82, 2.24) is 4.98 Å². The van der Waals surface area contributed by atoms with Gasteiger partial charge >= 0.3 is 6.18 Å². The van der Waals surface area contributed by atoms with Crippen LogP contribution in [0.2, 0.25) is 0 Å². The highest BCUT2D eigenvalue weighted by molar-refractivity contribution is 6.05. The smallest absolute Gasteiger partial charge is 0.350 e. The Morgan fingerprint density at radius 3 is 2.64 bits per heavy atom. The zero-order chi connectivity index (χ0) is 20.5. The van der Waals surface area contributed by atoms with Crippen LogP contribution < -0.4 is 15.1 Å². The highest BCUT2D eigenvalue weighted by Crippen LogP contribution is 2.32. The Morgan fingerprint density at radius 1 is 1.29 bits per heavy atom. The highest BCUT2D eigenvalue weighted by atomic mass is 19.4. The van der Waals surface area contributed by atoms with E-state index in [4.69, 9.17) is 0 Å². The van der Waals surface area contributed by atoms with E-state index in [-0.39, 0.29) is 36.6 Å². The molecular formula is C19H19F3N4O2. The van der Waals surface area contributed by atoms with Crippen molar-refractivity contribution in [1.29, 1.82) is 0 Å². The van der Waals surface area contributed by atoms with E-state index in [1.165, 1.54) is 15.9 Å². The molecule has 1 aromatic carbocycles. The summed E-state index contributed by atoms with van der Waals surface area (Å²) in [6.45, 7) is 1.67. The van der Waals surface area contributed by atoms with Crippen molar-refractivity contribution < 1.29 is 22.8 Å². The van der Waals surface area contributed by atoms with Gasteiger partial charge in [-0.25, -0.2) is 4.98 Å². The van der Waals surface area contributed by atoms with Gasteiger partial charge in [0.05, 0.1) is 23.5 Å². The van der Waals surface area contributed by atoms with Crippen LogP contribution in [0, 0.1) is 0 Å². The van der Waals surface area contributed by atoms with Crippen LogP contribution in [0.15, 0.2) is 42.6 Å². The van der Waals surface area contributed by atoms with E-state index in [2.05, 4.69) is 10.3 Å². The largest absolute Gasteiger partial charge is 0.417 e. The third-order valence-corrected chi connectivity index (χ3v) is 4.47. The first-order valence-corrected chi connectivity index (χ1v) is 8.62. The van der Waals surface area contributed by atoms with E-state index >= 15 is 0 Å². The third-order valence-electron chi connectivity index (χ3n) is 4.47. The number of aromatic nitrogens is 1. The average molecular weight is 392 g/mol. The number of anilines is 3. The predicted molar refractivity (Wildman–Crippen MR) is 99.1 cm³/mol. The van der Waals surface area contributed by atoms with Gasteiger partial charge in [0.1, 0.15) is 5.82 Å². The topological polar surface area (TPSA) is 65.5 Å². The predicted octanol–water partition coefficient (Wildman–Crippen LogP) is 3.30. The number of amides is 2. The van der Waals surface area contributed by atoms with Crippen LogP contribution in [0.5, 0.6) is 0 Å². The van der Waals surface area contributed by atoms with Gasteiger partial charge in [-0.3, -0.25) is 9.59 Å². The van der Waals surface area contributed by atoms with Gasteiger partial charge in [-0.1, -0.05) is 12.1 Å². The van der Waals surface area contributed by atoms with Gasteiger partial charge in [0.2, 0.25) is 11.8 Å². The molecule has 0 saturated heterocycles. The van der Waals surface area contributed by atoms with Crippen molar-refractivity contribution >= 4 is 29.0 Å². The first-order valence-electron chi connectivity index (χ1n) is 8.62. The molecule has 2 amide bonds. The van der Waals surface area contributed by atoms with Crippen LogP contribution in [-0.2, 0) is 15.8 Å². The van der Waals surface area contributed by atoms with E-state index in [1.807, 2.05) is 0 Å². The number of carbonyl (C=O) groups is 2. The number of para-hydroxylation sites is 2. The molecule has 1 aliphatic heterocycles. The van der Waals surface area contributed by atoms with E-state index in [1.54, 1.807) is 38.2 Å². The van der Waals surface area contributed by atoms with Gasteiger partial charge < -0.3 is 15.1 Å². The second kappa shape index (κ2) is 7.49. The molecule has 1 atom stereocenters. The summed E-state index contributed by atoms with van der Waals surface area (Å²) in [7, 11) is 1.57. The van der Waals surface area contributed by atoms with Gasteiger partial charge in [0, 0.05) is 25.7 Å². The number of halogens is 3. The zero-order valence-corrected chi connectivity index (χ0v) is 15.3. The number of carbonyl (C=O) groups excluding carboxylic acids is 2. The third kappa shape index (κ3) is 4.08. The summed E-state index contributed by atoms with van der Waals surface area (Å²) in [4.78, 5) is 31.8. The standard InChI is InChI=1S/C19H19F3N4O2/c1-12-9-17(27)24-14-5-3-4-6-15(14)26(12)18(28)11-25(2)16-8-7-13(10-23-16)19(20,21)22/h3-8,10,12H,9,11H2,1-2H3,(H,24,27)/t12-/m1/s1. The van der Waals surface area contributed by atoms with E-state index in [0.717, 1.165) is 12.3 Å². The maximum absolute atomic E-state index is 13.0. The molecule has 0 spiro atoms. The Balaban J connectivity index is 1.81. The fourth-order valence-electron chi connectivity index (χ4n) is 3.11. The quantitative estimate of drug-likeness (QED) is 0.871. The summed E-state index contributed by atoms with van der Waals surface area (Å²) in [5.74, 6) is -0.236. The van der Waals surface area contributed by atoms with Crippen molar-refractivity contribution in [2.75, 3.05) is 28.7 Å². The minimum atomic E-state index is -4.47. The Kier molecular flexibility index (Phi) is 5.26. The lowest BCUT2D eigenvalue weighted by Gasteiger charge is -2.30. The Labute approximate surface area is 160 Å². The first kappa shape index (κ1) is 19.7. The molecule has 6 nitrogen and oxygen atoms in total. The minimum Gasteiger partial charge on any atom is -0.350 e. The zero-order valence-electron chi connectivity index (χ0n) is 15.3. The number of fused-ring (bicyclic) bond motifs is 1. The molecular weight excluding hydrogens is 373 g/mol. The summed E-state index contributed by atoms with van der Waals surface area (Å²) in [5.41, 5.74) is 0.274. The summed E-state index contributed by atoms with van der Waals surface area (Å²) in [6.07, 6.45) is -3.59. The van der Waals surface area contributed by atoms with Gasteiger partial charge in [0.25, 0.3) is 0 Å². The average Bonchev–Trinajstić information content (AvgIpc) is 2.75. The fourth-order valence-corrected chi connectivity index (χ4v) is 3.11. The Hall–Kier alpha value is -3.10. The lowest BCUT2D eigenvalue weighted by atomic mass is 10.1. The van der Waals surface area contributed by atoms with E-state index < -0.39 is 11.7 Å². The molecule has 0 bridgehead atoms. The lowest BCUT2D eigenvalue weighted by Crippen LogP contribution is -2.44. The Bertz CT molecular complexity index is 883. The van der Waals surface area contributed by atoms with Gasteiger partial charge in [-0.2, -0.15) is 13.2 Å². The molecule has 0 fully saturated rings. The second-order valence-electron chi connectivity index (χ2n) is 6.64. The molecule has 1 N–H and O–H groups in total. The molecule has 0 saturated carbocycles. The van der Waals surface area contributed by atoms with Crippen LogP contribution in [0.1, 0.15) is 18.9 Å². The molecule has 28 heavy (non-hydrogen) atoms. The van der Waals surface area contributed by atoms with E-state index in [9.17, 15) is 22.8 Å². The monoisotopic (exact) mass is 392 g/mol. The van der Waals surface area contributed by atoms with Crippen molar-refractivity contribution in [3.63, 3.8) is 0 Å². The van der Waals surface area contributed by atoms with E-state index in [0.29, 0.717) is 11.4 Å². The van der Waals surface area contributed by atoms with Crippen molar-refractivity contribution in [2.24, 2.45) is 0 Å². The number of benzene rings is 1. The number of hydrogen-bond donors (Lipinski definition) is 1. The molecule has 0 radical (unpaired) electrons. The number of hydrogen-bond acceptors (Lipinski definition) is 4. The normalized spacial score (nSPS) is 16.8. The first-order chi connectivity index (χ1) is 13.2. The van der Waals surface area contributed by atoms with Crippen LogP contribution in [-0.4, -0.2) is 36.4 Å². The Morgan fingerprint density at radius 2 is 2.00 bits per heavy atom. The van der Waals surface area contributed by atoms with Gasteiger partial charge in [-0.15, -0.1) is 0 Å². The van der Waals surface area contributed by atoms with Gasteiger partial charge in [-0.05, 0) is 31.2 Å². The molecule has 2 heterocycles. The number of nitrogens with zero attached hydrogens (tertiary/aromatic N) is 3. The number of likely N-dealkylation sites (N-methyl/N-ethyl adjacent to an activating group) is 1. The summed E-state index contributed by atoms with van der Waals surface area (Å²) in [5, 5.41) is 2.78. The maximum atomic E-state index is 13.0. The highest BCUT2D eigenvalue weighted by Gasteiger charge is 2.32. The van der Waals surface area contributed by atoms with Crippen molar-refractivity contribution in [2.45, 2.75) is 25.6 Å². The molecule has 0 aliphatic carbocycles. The summed E-state index contributed by atoms with van der Waals surface area (Å²) in [6, 6.07) is 8.76. The molecule has 0 unspecified atom stereocenters. The maximum Gasteiger partial charge on any atom is 0.417 e. The molecule has 2 aromatic rings. The molecule has 3 rings (SSSR count). The van der Waals surface area contributed by atoms with Crippen LogP contribution in [0.4, 0.5) is 30.4 Å².